The van der Waals surface area contributed by atoms with Crippen LogP contribution in [0.2, 0.25) is 0 Å². The van der Waals surface area contributed by atoms with Gasteiger partial charge in [-0.3, -0.25) is 10.3 Å². The first-order valence-corrected chi connectivity index (χ1v) is 11.7. The van der Waals surface area contributed by atoms with Gasteiger partial charge in [-0.15, -0.1) is 0 Å². The number of hydrogen-bond donors (Lipinski definition) is 3. The average molecular weight is 401 g/mol. The highest BCUT2D eigenvalue weighted by Gasteiger charge is 2.38. The zero-order valence-electron chi connectivity index (χ0n) is 17.5. The summed E-state index contributed by atoms with van der Waals surface area (Å²) in [5.41, 5.74) is 8.52. The van der Waals surface area contributed by atoms with E-state index in [0.717, 1.165) is 31.1 Å². The Morgan fingerprint density at radius 1 is 1.00 bits per heavy atom. The van der Waals surface area contributed by atoms with Gasteiger partial charge in [-0.1, -0.05) is 31.7 Å². The van der Waals surface area contributed by atoms with Gasteiger partial charge in [-0.25, -0.2) is 5.43 Å². The molecule has 2 unspecified atom stereocenters. The maximum absolute atomic E-state index is 5.58. The normalized spacial score (nSPS) is 29.2. The summed E-state index contributed by atoms with van der Waals surface area (Å²) in [6, 6.07) is 6.64. The maximum atomic E-state index is 5.58. The van der Waals surface area contributed by atoms with Gasteiger partial charge in [0, 0.05) is 31.1 Å². The average Bonchev–Trinajstić information content (AvgIpc) is 3.44. The predicted molar refractivity (Wildman–Crippen MR) is 114 cm³/mol. The van der Waals surface area contributed by atoms with Crippen molar-refractivity contribution in [3.63, 3.8) is 0 Å². The van der Waals surface area contributed by atoms with E-state index in [2.05, 4.69) is 33.2 Å². The van der Waals surface area contributed by atoms with Crippen LogP contribution in [0.3, 0.4) is 0 Å². The quantitative estimate of drug-likeness (QED) is 0.683. The molecule has 1 aromatic carbocycles. The molecule has 3 N–H and O–H groups in total. The van der Waals surface area contributed by atoms with E-state index in [1.54, 1.807) is 0 Å². The molecule has 0 radical (unpaired) electrons. The molecule has 6 nitrogen and oxygen atoms in total. The maximum Gasteiger partial charge on any atom is 0.231 e. The highest BCUT2D eigenvalue weighted by molar-refractivity contribution is 5.45. The molecule has 1 aromatic rings. The Balaban J connectivity index is 1.21. The monoisotopic (exact) mass is 400 g/mol. The molecule has 5 rings (SSSR count). The first-order chi connectivity index (χ1) is 14.3. The zero-order valence-corrected chi connectivity index (χ0v) is 17.5. The molecule has 0 bridgehead atoms. The van der Waals surface area contributed by atoms with Crippen LogP contribution in [0.5, 0.6) is 11.5 Å². The van der Waals surface area contributed by atoms with Crippen molar-refractivity contribution in [2.75, 3.05) is 39.5 Å². The molecule has 29 heavy (non-hydrogen) atoms. The van der Waals surface area contributed by atoms with Gasteiger partial charge in [0.1, 0.15) is 0 Å². The third-order valence-electron chi connectivity index (χ3n) is 7.52. The number of nitrogens with one attached hydrogen (secondary N) is 3. The van der Waals surface area contributed by atoms with Crippen LogP contribution >= 0.6 is 0 Å². The molecule has 0 spiro atoms. The van der Waals surface area contributed by atoms with Crippen LogP contribution in [0, 0.1) is 5.92 Å². The first kappa shape index (κ1) is 19.6. The van der Waals surface area contributed by atoms with E-state index in [1.807, 2.05) is 6.07 Å². The first-order valence-electron chi connectivity index (χ1n) is 11.7. The molecule has 160 valence electrons. The fraction of sp³-hybridized carbons (Fsp3) is 0.739. The lowest BCUT2D eigenvalue weighted by Gasteiger charge is -2.48. The van der Waals surface area contributed by atoms with Crippen molar-refractivity contribution in [2.24, 2.45) is 5.92 Å². The van der Waals surface area contributed by atoms with Crippen LogP contribution in [-0.2, 0) is 0 Å². The van der Waals surface area contributed by atoms with Gasteiger partial charge in [-0.05, 0) is 56.5 Å². The Labute approximate surface area is 174 Å². The lowest BCUT2D eigenvalue weighted by Crippen LogP contribution is -2.57. The molecule has 3 heterocycles. The summed E-state index contributed by atoms with van der Waals surface area (Å²) in [5, 5.41) is 3.91. The van der Waals surface area contributed by atoms with E-state index >= 15 is 0 Å². The second kappa shape index (κ2) is 8.80. The van der Waals surface area contributed by atoms with Gasteiger partial charge < -0.3 is 14.8 Å². The highest BCUT2D eigenvalue weighted by Crippen LogP contribution is 2.37. The van der Waals surface area contributed by atoms with E-state index < -0.39 is 0 Å². The van der Waals surface area contributed by atoms with Crippen LogP contribution in [-0.4, -0.2) is 50.0 Å². The summed E-state index contributed by atoms with van der Waals surface area (Å²) in [5.74, 6) is 2.25. The number of ether oxygens (including phenoxy) is 2. The number of nitrogens with zero attached hydrogens (tertiary/aromatic N) is 1. The van der Waals surface area contributed by atoms with Crippen LogP contribution < -0.4 is 25.6 Å². The third kappa shape index (κ3) is 4.13. The third-order valence-corrected chi connectivity index (χ3v) is 7.52. The summed E-state index contributed by atoms with van der Waals surface area (Å²) in [6.45, 7) is 6.09. The Morgan fingerprint density at radius 3 is 2.66 bits per heavy atom. The van der Waals surface area contributed by atoms with Crippen LogP contribution in [0.1, 0.15) is 63.0 Å². The number of piperidine rings is 1. The Morgan fingerprint density at radius 2 is 1.79 bits per heavy atom. The van der Waals surface area contributed by atoms with Crippen LogP contribution in [0.15, 0.2) is 18.2 Å². The van der Waals surface area contributed by atoms with Crippen molar-refractivity contribution >= 4 is 0 Å². The van der Waals surface area contributed by atoms with Crippen molar-refractivity contribution in [1.29, 1.82) is 0 Å². The van der Waals surface area contributed by atoms with E-state index in [9.17, 15) is 0 Å². The lowest BCUT2D eigenvalue weighted by molar-refractivity contribution is 0.0329. The molecule has 0 amide bonds. The Kier molecular flexibility index (Phi) is 5.95. The molecule has 1 saturated carbocycles. The lowest BCUT2D eigenvalue weighted by atomic mass is 9.79. The standard InChI is InChI=1S/C23H36N4O2/c1-3-9-23(10-4-1,27-11-5-2-6-12-27)16-24-14-19-15-25-26-22(19)18-7-8-20-21(13-18)29-17-28-20/h7-8,13,19,22,24-26H,1-6,9-12,14-17H2. The van der Waals surface area contributed by atoms with Gasteiger partial charge in [0.25, 0.3) is 0 Å². The minimum Gasteiger partial charge on any atom is -0.454 e. The van der Waals surface area contributed by atoms with Crippen LogP contribution in [0.4, 0.5) is 0 Å². The number of hydrogen-bond acceptors (Lipinski definition) is 6. The summed E-state index contributed by atoms with van der Waals surface area (Å²) < 4.78 is 11.1. The topological polar surface area (TPSA) is 57.8 Å². The van der Waals surface area contributed by atoms with Crippen molar-refractivity contribution < 1.29 is 9.47 Å². The van der Waals surface area contributed by atoms with Crippen LogP contribution in [0.25, 0.3) is 0 Å². The van der Waals surface area contributed by atoms with Crippen molar-refractivity contribution in [1.82, 2.24) is 21.1 Å². The largest absolute Gasteiger partial charge is 0.454 e. The van der Waals surface area contributed by atoms with Gasteiger partial charge in [0.05, 0.1) is 6.04 Å². The molecule has 2 saturated heterocycles. The minimum atomic E-state index is 0.300. The van der Waals surface area contributed by atoms with Crippen molar-refractivity contribution in [2.45, 2.75) is 62.9 Å². The second-order valence-electron chi connectivity index (χ2n) is 9.34. The van der Waals surface area contributed by atoms with E-state index in [-0.39, 0.29) is 0 Å². The zero-order chi connectivity index (χ0) is 19.5. The number of fused-ring (bicyclic) bond motifs is 1. The fourth-order valence-corrected chi connectivity index (χ4v) is 5.86. The Bertz CT molecular complexity index is 685. The second-order valence-corrected chi connectivity index (χ2v) is 9.34. The SMILES string of the molecule is c1cc2c(cc1C1NNCC1CNCC1(N3CCCCC3)CCCCC1)OCO2. The molecule has 3 fully saturated rings. The van der Waals surface area contributed by atoms with E-state index in [0.29, 0.717) is 24.3 Å². The molecule has 1 aliphatic carbocycles. The summed E-state index contributed by atoms with van der Waals surface area (Å²) >= 11 is 0. The smallest absolute Gasteiger partial charge is 0.231 e. The molecule has 6 heteroatoms. The van der Waals surface area contributed by atoms with E-state index in [4.69, 9.17) is 9.47 Å². The molecular formula is C23H36N4O2. The molecular weight excluding hydrogens is 364 g/mol. The highest BCUT2D eigenvalue weighted by atomic mass is 16.7. The summed E-state index contributed by atoms with van der Waals surface area (Å²) in [4.78, 5) is 2.84. The number of hydrazine groups is 1. The van der Waals surface area contributed by atoms with Gasteiger partial charge in [-0.2, -0.15) is 0 Å². The molecule has 0 aromatic heterocycles. The van der Waals surface area contributed by atoms with Gasteiger partial charge in [0.15, 0.2) is 11.5 Å². The molecule has 4 aliphatic rings. The predicted octanol–water partition coefficient (Wildman–Crippen LogP) is 2.96. The fourth-order valence-electron chi connectivity index (χ4n) is 5.86. The number of likely N-dealkylation sites (tertiary alicyclic amines) is 1. The van der Waals surface area contributed by atoms with Gasteiger partial charge >= 0.3 is 0 Å². The van der Waals surface area contributed by atoms with Gasteiger partial charge in [0.2, 0.25) is 6.79 Å². The minimum absolute atomic E-state index is 0.300. The number of rotatable bonds is 6. The van der Waals surface area contributed by atoms with Crippen molar-refractivity contribution in [3.05, 3.63) is 23.8 Å². The summed E-state index contributed by atoms with van der Waals surface area (Å²) in [6.07, 6.45) is 11.1. The van der Waals surface area contributed by atoms with Crippen molar-refractivity contribution in [3.8, 4) is 11.5 Å². The number of benzene rings is 1. The Hall–Kier alpha value is -1.34. The molecule has 3 aliphatic heterocycles. The van der Waals surface area contributed by atoms with E-state index in [1.165, 1.54) is 70.0 Å². The molecule has 2 atom stereocenters. The summed E-state index contributed by atoms with van der Waals surface area (Å²) in [7, 11) is 0.